The predicted octanol–water partition coefficient (Wildman–Crippen LogP) is 1.21. The van der Waals surface area contributed by atoms with Gasteiger partial charge in [0.15, 0.2) is 0 Å². The average Bonchev–Trinajstić information content (AvgIpc) is 2.24. The van der Waals surface area contributed by atoms with E-state index < -0.39 is 16.1 Å². The fourth-order valence-corrected chi connectivity index (χ4v) is 4.65. The van der Waals surface area contributed by atoms with Gasteiger partial charge in [-0.1, -0.05) is 6.42 Å². The van der Waals surface area contributed by atoms with Gasteiger partial charge in [-0.2, -0.15) is 0 Å². The summed E-state index contributed by atoms with van der Waals surface area (Å²) in [5.41, 5.74) is 0. The van der Waals surface area contributed by atoms with E-state index in [4.69, 9.17) is 0 Å². The lowest BCUT2D eigenvalue weighted by Gasteiger charge is -2.35. The van der Waals surface area contributed by atoms with Crippen LogP contribution in [0.3, 0.4) is 0 Å². The maximum absolute atomic E-state index is 12.2. The van der Waals surface area contributed by atoms with Crippen molar-refractivity contribution in [2.75, 3.05) is 18.8 Å². The Morgan fingerprint density at radius 1 is 1.29 bits per heavy atom. The van der Waals surface area contributed by atoms with Crippen LogP contribution in [0.5, 0.6) is 0 Å². The van der Waals surface area contributed by atoms with Gasteiger partial charge in [0.2, 0.25) is 10.0 Å². The second kappa shape index (κ2) is 5.24. The summed E-state index contributed by atoms with van der Waals surface area (Å²) < 4.78 is 26.0. The van der Waals surface area contributed by atoms with E-state index in [1.807, 2.05) is 0 Å². The molecule has 1 aliphatic carbocycles. The molecule has 4 nitrogen and oxygen atoms in total. The van der Waals surface area contributed by atoms with Gasteiger partial charge >= 0.3 is 0 Å². The van der Waals surface area contributed by atoms with Crippen molar-refractivity contribution in [1.29, 1.82) is 0 Å². The highest BCUT2D eigenvalue weighted by molar-refractivity contribution is 7.89. The molecule has 1 saturated heterocycles. The van der Waals surface area contributed by atoms with Crippen LogP contribution in [0.1, 0.15) is 39.0 Å². The van der Waals surface area contributed by atoms with E-state index in [2.05, 4.69) is 0 Å². The second-order valence-electron chi connectivity index (χ2n) is 5.58. The third-order valence-corrected chi connectivity index (χ3v) is 6.18. The first-order valence-electron chi connectivity index (χ1n) is 6.65. The summed E-state index contributed by atoms with van der Waals surface area (Å²) in [4.78, 5) is 0. The first-order valence-corrected chi connectivity index (χ1v) is 8.26. The van der Waals surface area contributed by atoms with Crippen molar-refractivity contribution in [2.45, 2.75) is 45.1 Å². The predicted molar refractivity (Wildman–Crippen MR) is 67.1 cm³/mol. The lowest BCUT2D eigenvalue weighted by Crippen LogP contribution is -2.45. The van der Waals surface area contributed by atoms with Gasteiger partial charge in [-0.05, 0) is 44.4 Å². The van der Waals surface area contributed by atoms with Crippen LogP contribution < -0.4 is 0 Å². The fourth-order valence-electron chi connectivity index (χ4n) is 2.68. The third kappa shape index (κ3) is 3.20. The Hall–Kier alpha value is -0.130. The Morgan fingerprint density at radius 2 is 2.00 bits per heavy atom. The van der Waals surface area contributed by atoms with Crippen LogP contribution in [0.25, 0.3) is 0 Å². The molecule has 17 heavy (non-hydrogen) atoms. The van der Waals surface area contributed by atoms with E-state index >= 15 is 0 Å². The molecule has 0 bridgehead atoms. The number of aliphatic hydroxyl groups is 1. The minimum absolute atomic E-state index is 0.111. The molecule has 1 heterocycles. The monoisotopic (exact) mass is 261 g/mol. The van der Waals surface area contributed by atoms with Gasteiger partial charge in [-0.25, -0.2) is 12.7 Å². The summed E-state index contributed by atoms with van der Waals surface area (Å²) in [7, 11) is -3.09. The number of sulfonamides is 1. The minimum atomic E-state index is -3.09. The van der Waals surface area contributed by atoms with Crippen LogP contribution in [-0.4, -0.2) is 42.8 Å². The van der Waals surface area contributed by atoms with Gasteiger partial charge < -0.3 is 5.11 Å². The normalized spacial score (nSPS) is 29.9. The van der Waals surface area contributed by atoms with Crippen LogP contribution in [0.15, 0.2) is 0 Å². The van der Waals surface area contributed by atoms with Gasteiger partial charge in [0.1, 0.15) is 0 Å². The van der Waals surface area contributed by atoms with Crippen molar-refractivity contribution in [3.05, 3.63) is 0 Å². The number of hydrogen-bond donors (Lipinski definition) is 1. The van der Waals surface area contributed by atoms with Crippen molar-refractivity contribution in [3.63, 3.8) is 0 Å². The molecule has 2 atom stereocenters. The van der Waals surface area contributed by atoms with Crippen molar-refractivity contribution < 1.29 is 13.5 Å². The van der Waals surface area contributed by atoms with Gasteiger partial charge in [-0.3, -0.25) is 0 Å². The standard InChI is InChI=1S/C12H23NO3S/c1-10(14)12-6-3-7-13(8-12)17(15,16)9-11-4-2-5-11/h10-12,14H,2-9H2,1H3. The molecule has 0 aromatic heterocycles. The van der Waals surface area contributed by atoms with Crippen LogP contribution in [0.2, 0.25) is 0 Å². The lowest BCUT2D eigenvalue weighted by atomic mass is 9.87. The van der Waals surface area contributed by atoms with Crippen molar-refractivity contribution in [3.8, 4) is 0 Å². The average molecular weight is 261 g/mol. The lowest BCUT2D eigenvalue weighted by molar-refractivity contribution is 0.0883. The number of rotatable bonds is 4. The van der Waals surface area contributed by atoms with Crippen LogP contribution in [0, 0.1) is 11.8 Å². The number of aliphatic hydroxyl groups excluding tert-OH is 1. The Bertz CT molecular complexity index is 349. The maximum atomic E-state index is 12.2. The topological polar surface area (TPSA) is 57.6 Å². The molecule has 2 unspecified atom stereocenters. The molecule has 1 saturated carbocycles. The molecule has 0 aromatic carbocycles. The Labute approximate surface area is 104 Å². The van der Waals surface area contributed by atoms with Crippen molar-refractivity contribution >= 4 is 10.0 Å². The van der Waals surface area contributed by atoms with Gasteiger partial charge in [0.25, 0.3) is 0 Å². The van der Waals surface area contributed by atoms with Crippen LogP contribution in [0.4, 0.5) is 0 Å². The Morgan fingerprint density at radius 3 is 2.53 bits per heavy atom. The largest absolute Gasteiger partial charge is 0.393 e. The molecule has 5 heteroatoms. The number of piperidine rings is 1. The molecule has 0 aromatic rings. The summed E-state index contributed by atoms with van der Waals surface area (Å²) in [6, 6.07) is 0. The highest BCUT2D eigenvalue weighted by atomic mass is 32.2. The Balaban J connectivity index is 1.95. The molecule has 0 amide bonds. The molecule has 1 N–H and O–H groups in total. The highest BCUT2D eigenvalue weighted by Crippen LogP contribution is 2.30. The highest BCUT2D eigenvalue weighted by Gasteiger charge is 2.33. The molecule has 2 rings (SSSR count). The molecule has 2 fully saturated rings. The molecular weight excluding hydrogens is 238 g/mol. The van der Waals surface area contributed by atoms with Gasteiger partial charge in [0, 0.05) is 13.1 Å². The van der Waals surface area contributed by atoms with E-state index in [0.717, 1.165) is 25.7 Å². The molecule has 0 spiro atoms. The van der Waals surface area contributed by atoms with Gasteiger partial charge in [-0.15, -0.1) is 0 Å². The first-order chi connectivity index (χ1) is 7.99. The van der Waals surface area contributed by atoms with Crippen LogP contribution >= 0.6 is 0 Å². The maximum Gasteiger partial charge on any atom is 0.214 e. The van der Waals surface area contributed by atoms with E-state index in [9.17, 15) is 13.5 Å². The smallest absolute Gasteiger partial charge is 0.214 e. The van der Waals surface area contributed by atoms with E-state index in [-0.39, 0.29) is 5.92 Å². The summed E-state index contributed by atoms with van der Waals surface area (Å²) in [5.74, 6) is 0.811. The van der Waals surface area contributed by atoms with Crippen molar-refractivity contribution in [1.82, 2.24) is 4.31 Å². The zero-order valence-corrected chi connectivity index (χ0v) is 11.3. The second-order valence-corrected chi connectivity index (χ2v) is 7.59. The first kappa shape index (κ1) is 13.3. The van der Waals surface area contributed by atoms with E-state index in [1.54, 1.807) is 11.2 Å². The molecular formula is C12H23NO3S. The van der Waals surface area contributed by atoms with Gasteiger partial charge in [0.05, 0.1) is 11.9 Å². The molecule has 1 aliphatic heterocycles. The molecule has 0 radical (unpaired) electrons. The van der Waals surface area contributed by atoms with E-state index in [0.29, 0.717) is 24.8 Å². The number of nitrogens with zero attached hydrogens (tertiary/aromatic N) is 1. The molecule has 2 aliphatic rings. The third-order valence-electron chi connectivity index (χ3n) is 4.17. The van der Waals surface area contributed by atoms with Crippen molar-refractivity contribution in [2.24, 2.45) is 11.8 Å². The quantitative estimate of drug-likeness (QED) is 0.827. The summed E-state index contributed by atoms with van der Waals surface area (Å²) in [6.07, 6.45) is 4.71. The summed E-state index contributed by atoms with van der Waals surface area (Å²) in [5, 5.41) is 9.58. The summed E-state index contributed by atoms with van der Waals surface area (Å²) >= 11 is 0. The number of hydrogen-bond acceptors (Lipinski definition) is 3. The minimum Gasteiger partial charge on any atom is -0.393 e. The van der Waals surface area contributed by atoms with Crippen LogP contribution in [-0.2, 0) is 10.0 Å². The zero-order chi connectivity index (χ0) is 12.5. The zero-order valence-electron chi connectivity index (χ0n) is 10.5. The molecule has 100 valence electrons. The van der Waals surface area contributed by atoms with E-state index in [1.165, 1.54) is 6.42 Å². The SMILES string of the molecule is CC(O)C1CCCN(S(=O)(=O)CC2CCC2)C1. The Kier molecular flexibility index (Phi) is 4.10. The fraction of sp³-hybridized carbons (Fsp3) is 1.00. The summed E-state index contributed by atoms with van der Waals surface area (Å²) in [6.45, 7) is 2.90.